The molecule has 0 bridgehead atoms. The van der Waals surface area contributed by atoms with Crippen molar-refractivity contribution in [2.24, 2.45) is 13.0 Å². The van der Waals surface area contributed by atoms with Gasteiger partial charge < -0.3 is 0 Å². The summed E-state index contributed by atoms with van der Waals surface area (Å²) in [4.78, 5) is 12.1. The maximum Gasteiger partial charge on any atom is 0.141 e. The van der Waals surface area contributed by atoms with E-state index in [-0.39, 0.29) is 5.92 Å². The number of nitrogens with zero attached hydrogens (tertiary/aromatic N) is 2. The second-order valence-electron chi connectivity index (χ2n) is 4.81. The number of rotatable bonds is 4. The van der Waals surface area contributed by atoms with Gasteiger partial charge in [-0.15, -0.1) is 0 Å². The summed E-state index contributed by atoms with van der Waals surface area (Å²) in [7, 11) is 1.86. The summed E-state index contributed by atoms with van der Waals surface area (Å²) < 4.78 is 1.76. The van der Waals surface area contributed by atoms with E-state index in [1.165, 1.54) is 12.8 Å². The molecule has 0 atom stereocenters. The number of carbonyl (C=O) groups excluding carboxylic acids is 1. The Labute approximate surface area is 107 Å². The van der Waals surface area contributed by atoms with Crippen molar-refractivity contribution < 1.29 is 4.79 Å². The third-order valence-corrected chi connectivity index (χ3v) is 4.09. The number of hydrogen-bond donors (Lipinski definition) is 0. The molecule has 0 N–H and O–H groups in total. The molecule has 0 amide bonds. The van der Waals surface area contributed by atoms with Crippen LogP contribution in [0.4, 0.5) is 0 Å². The second-order valence-corrected chi connectivity index (χ2v) is 5.19. The van der Waals surface area contributed by atoms with Crippen molar-refractivity contribution in [3.8, 4) is 0 Å². The van der Waals surface area contributed by atoms with Gasteiger partial charge in [-0.2, -0.15) is 5.10 Å². The fourth-order valence-electron chi connectivity index (χ4n) is 2.57. The largest absolute Gasteiger partial charge is 0.299 e. The summed E-state index contributed by atoms with van der Waals surface area (Å²) in [6.07, 6.45) is 5.73. The Kier molecular flexibility index (Phi) is 3.87. The van der Waals surface area contributed by atoms with Gasteiger partial charge in [0.05, 0.1) is 22.8 Å². The summed E-state index contributed by atoms with van der Waals surface area (Å²) in [6.45, 7) is 2.02. The van der Waals surface area contributed by atoms with Gasteiger partial charge in [0.1, 0.15) is 5.78 Å². The van der Waals surface area contributed by atoms with Crippen molar-refractivity contribution in [3.05, 3.63) is 16.4 Å². The minimum Gasteiger partial charge on any atom is -0.299 e. The van der Waals surface area contributed by atoms with Crippen LogP contribution in [-0.2, 0) is 24.7 Å². The smallest absolute Gasteiger partial charge is 0.141 e. The molecule has 0 saturated heterocycles. The zero-order valence-electron chi connectivity index (χ0n) is 10.5. The molecule has 1 fully saturated rings. The molecule has 1 saturated carbocycles. The van der Waals surface area contributed by atoms with Crippen LogP contribution in [0.15, 0.2) is 0 Å². The number of hydrogen-bond acceptors (Lipinski definition) is 2. The van der Waals surface area contributed by atoms with E-state index in [4.69, 9.17) is 11.6 Å². The molecule has 1 aliphatic rings. The van der Waals surface area contributed by atoms with Gasteiger partial charge >= 0.3 is 0 Å². The SMILES string of the molecule is CCc1nn(C)c(CC(=O)C2CCCC2)c1Cl. The first kappa shape index (κ1) is 12.6. The van der Waals surface area contributed by atoms with Gasteiger partial charge in [0.25, 0.3) is 0 Å². The maximum atomic E-state index is 12.1. The molecule has 1 aromatic rings. The predicted molar refractivity (Wildman–Crippen MR) is 68.3 cm³/mol. The van der Waals surface area contributed by atoms with Crippen molar-refractivity contribution in [2.75, 3.05) is 0 Å². The lowest BCUT2D eigenvalue weighted by Gasteiger charge is -2.08. The van der Waals surface area contributed by atoms with E-state index in [0.29, 0.717) is 17.2 Å². The number of carbonyl (C=O) groups is 1. The van der Waals surface area contributed by atoms with Gasteiger partial charge in [0.2, 0.25) is 0 Å². The third-order valence-electron chi connectivity index (χ3n) is 3.66. The molecule has 2 rings (SSSR count). The molecule has 1 aliphatic carbocycles. The zero-order valence-corrected chi connectivity index (χ0v) is 11.3. The lowest BCUT2D eigenvalue weighted by Crippen LogP contribution is -2.15. The molecule has 3 nitrogen and oxygen atoms in total. The van der Waals surface area contributed by atoms with Crippen molar-refractivity contribution in [2.45, 2.75) is 45.4 Å². The molecule has 1 heterocycles. The van der Waals surface area contributed by atoms with E-state index in [2.05, 4.69) is 5.10 Å². The van der Waals surface area contributed by atoms with E-state index in [9.17, 15) is 4.79 Å². The highest BCUT2D eigenvalue weighted by Crippen LogP contribution is 2.28. The standard InChI is InChI=1S/C13H19ClN2O/c1-3-10-13(14)11(16(2)15-10)8-12(17)9-6-4-5-7-9/h9H,3-8H2,1-2H3. The van der Waals surface area contributed by atoms with Crippen molar-refractivity contribution >= 4 is 17.4 Å². The van der Waals surface area contributed by atoms with E-state index >= 15 is 0 Å². The molecule has 17 heavy (non-hydrogen) atoms. The molecule has 0 radical (unpaired) electrons. The fraction of sp³-hybridized carbons (Fsp3) is 0.692. The minimum atomic E-state index is 0.256. The van der Waals surface area contributed by atoms with Crippen LogP contribution in [0.3, 0.4) is 0 Å². The molecule has 1 aromatic heterocycles. The Balaban J connectivity index is 2.12. The lowest BCUT2D eigenvalue weighted by molar-refractivity contribution is -0.122. The van der Waals surface area contributed by atoms with Crippen molar-refractivity contribution in [1.82, 2.24) is 9.78 Å². The van der Waals surface area contributed by atoms with Crippen LogP contribution >= 0.6 is 11.6 Å². The molecular formula is C13H19ClN2O. The molecule has 94 valence electrons. The normalized spacial score (nSPS) is 16.6. The Morgan fingerprint density at radius 2 is 2.12 bits per heavy atom. The Bertz CT molecular complexity index is 419. The predicted octanol–water partition coefficient (Wildman–Crippen LogP) is 2.94. The average Bonchev–Trinajstić information content (AvgIpc) is 2.92. The van der Waals surface area contributed by atoms with Crippen molar-refractivity contribution in [3.63, 3.8) is 0 Å². The highest BCUT2D eigenvalue weighted by atomic mass is 35.5. The van der Waals surface area contributed by atoms with Gasteiger partial charge in [-0.05, 0) is 19.3 Å². The summed E-state index contributed by atoms with van der Waals surface area (Å²) in [6, 6.07) is 0. The van der Waals surface area contributed by atoms with Crippen molar-refractivity contribution in [1.29, 1.82) is 0 Å². The van der Waals surface area contributed by atoms with Crippen LogP contribution in [0.5, 0.6) is 0 Å². The van der Waals surface area contributed by atoms with Gasteiger partial charge in [0, 0.05) is 13.0 Å². The number of aryl methyl sites for hydroxylation is 2. The van der Waals surface area contributed by atoms with E-state index in [0.717, 1.165) is 30.7 Å². The Hall–Kier alpha value is -0.830. The second kappa shape index (κ2) is 5.21. The lowest BCUT2D eigenvalue weighted by atomic mass is 9.99. The summed E-state index contributed by atoms with van der Waals surface area (Å²) in [5.41, 5.74) is 1.77. The third kappa shape index (κ3) is 2.54. The van der Waals surface area contributed by atoms with Gasteiger partial charge in [-0.25, -0.2) is 0 Å². The van der Waals surface area contributed by atoms with Crippen LogP contribution in [-0.4, -0.2) is 15.6 Å². The fourth-order valence-corrected chi connectivity index (χ4v) is 2.93. The van der Waals surface area contributed by atoms with E-state index in [1.807, 2.05) is 14.0 Å². The Morgan fingerprint density at radius 3 is 2.65 bits per heavy atom. The minimum absolute atomic E-state index is 0.256. The average molecular weight is 255 g/mol. The summed E-state index contributed by atoms with van der Waals surface area (Å²) >= 11 is 6.24. The summed E-state index contributed by atoms with van der Waals surface area (Å²) in [5.74, 6) is 0.584. The van der Waals surface area contributed by atoms with E-state index < -0.39 is 0 Å². The topological polar surface area (TPSA) is 34.9 Å². The van der Waals surface area contributed by atoms with Gasteiger partial charge in [0.15, 0.2) is 0 Å². The first-order valence-electron chi connectivity index (χ1n) is 6.36. The Morgan fingerprint density at radius 1 is 1.47 bits per heavy atom. The molecule has 4 heteroatoms. The number of aromatic nitrogens is 2. The van der Waals surface area contributed by atoms with Crippen LogP contribution in [0, 0.1) is 5.92 Å². The molecule has 0 aliphatic heterocycles. The number of ketones is 1. The number of Topliss-reactive ketones (excluding diaryl/α,β-unsaturated/α-hetero) is 1. The van der Waals surface area contributed by atoms with Crippen LogP contribution < -0.4 is 0 Å². The maximum absolute atomic E-state index is 12.1. The highest BCUT2D eigenvalue weighted by molar-refractivity contribution is 6.32. The van der Waals surface area contributed by atoms with Gasteiger partial charge in [-0.1, -0.05) is 31.4 Å². The highest BCUT2D eigenvalue weighted by Gasteiger charge is 2.25. The molecule has 0 spiro atoms. The molecule has 0 aromatic carbocycles. The van der Waals surface area contributed by atoms with E-state index in [1.54, 1.807) is 4.68 Å². The zero-order chi connectivity index (χ0) is 12.4. The molecule has 0 unspecified atom stereocenters. The summed E-state index contributed by atoms with van der Waals surface area (Å²) in [5, 5.41) is 5.02. The molecular weight excluding hydrogens is 236 g/mol. The van der Waals surface area contributed by atoms with Crippen LogP contribution in [0.1, 0.15) is 44.0 Å². The van der Waals surface area contributed by atoms with Gasteiger partial charge in [-0.3, -0.25) is 9.48 Å². The van der Waals surface area contributed by atoms with Crippen LogP contribution in [0.25, 0.3) is 0 Å². The monoisotopic (exact) mass is 254 g/mol. The first-order chi connectivity index (χ1) is 8.13. The quantitative estimate of drug-likeness (QED) is 0.828. The van der Waals surface area contributed by atoms with Crippen LogP contribution in [0.2, 0.25) is 5.02 Å². The number of halogens is 1. The first-order valence-corrected chi connectivity index (χ1v) is 6.74.